The highest BCUT2D eigenvalue weighted by atomic mass is 32.2. The van der Waals surface area contributed by atoms with Crippen molar-refractivity contribution in [3.63, 3.8) is 0 Å². The normalized spacial score (nSPS) is 11.8. The molecule has 2 N–H and O–H groups in total. The van der Waals surface area contributed by atoms with Gasteiger partial charge in [0.2, 0.25) is 0 Å². The Morgan fingerprint density at radius 2 is 1.95 bits per heavy atom. The van der Waals surface area contributed by atoms with Crippen molar-refractivity contribution >= 4 is 11.8 Å². The third kappa shape index (κ3) is 3.13. The van der Waals surface area contributed by atoms with Crippen LogP contribution >= 0.6 is 11.8 Å². The molecule has 2 nitrogen and oxygen atoms in total. The van der Waals surface area contributed by atoms with Crippen molar-refractivity contribution in [1.82, 2.24) is 0 Å². The Labute approximate surface area is 112 Å². The Kier molecular flexibility index (Phi) is 3.91. The minimum atomic E-state index is -4.40. The molecule has 1 aromatic heterocycles. The first-order chi connectivity index (χ1) is 8.91. The van der Waals surface area contributed by atoms with Gasteiger partial charge in [-0.25, -0.2) is 0 Å². The average Bonchev–Trinajstić information content (AvgIpc) is 2.74. The second-order valence-corrected chi connectivity index (χ2v) is 5.06. The van der Waals surface area contributed by atoms with Crippen molar-refractivity contribution < 1.29 is 17.6 Å². The Bertz CT molecular complexity index is 578. The molecule has 0 amide bonds. The van der Waals surface area contributed by atoms with Crippen molar-refractivity contribution in [2.24, 2.45) is 5.73 Å². The van der Waals surface area contributed by atoms with Gasteiger partial charge < -0.3 is 10.2 Å². The van der Waals surface area contributed by atoms with E-state index in [-0.39, 0.29) is 11.4 Å². The van der Waals surface area contributed by atoms with Gasteiger partial charge >= 0.3 is 6.18 Å². The first-order valence-corrected chi connectivity index (χ1v) is 6.35. The second kappa shape index (κ2) is 5.30. The van der Waals surface area contributed by atoms with E-state index in [0.29, 0.717) is 16.2 Å². The molecule has 1 aromatic carbocycles. The zero-order valence-electron chi connectivity index (χ0n) is 10.1. The van der Waals surface area contributed by atoms with Crippen molar-refractivity contribution in [2.45, 2.75) is 29.4 Å². The molecule has 2 rings (SSSR count). The molecule has 0 radical (unpaired) electrons. The second-order valence-electron chi connectivity index (χ2n) is 3.98. The molecule has 0 saturated carbocycles. The molecule has 0 bridgehead atoms. The highest BCUT2D eigenvalue weighted by Crippen LogP contribution is 2.40. The van der Waals surface area contributed by atoms with Crippen LogP contribution in [0.4, 0.5) is 13.2 Å². The lowest BCUT2D eigenvalue weighted by atomic mass is 10.1. The number of benzene rings is 1. The lowest BCUT2D eigenvalue weighted by Gasteiger charge is -2.13. The van der Waals surface area contributed by atoms with Crippen molar-refractivity contribution in [3.8, 4) is 0 Å². The number of furan rings is 1. The molecule has 0 aliphatic rings. The first kappa shape index (κ1) is 14.0. The molecule has 0 unspecified atom stereocenters. The number of alkyl halides is 3. The van der Waals surface area contributed by atoms with E-state index in [9.17, 15) is 13.2 Å². The summed E-state index contributed by atoms with van der Waals surface area (Å²) in [4.78, 5) is 0.820. The van der Waals surface area contributed by atoms with Gasteiger partial charge in [-0.15, -0.1) is 0 Å². The maximum Gasteiger partial charge on any atom is 0.417 e. The van der Waals surface area contributed by atoms with Crippen LogP contribution in [0.2, 0.25) is 0 Å². The predicted octanol–water partition coefficient (Wildman–Crippen LogP) is 4.22. The number of nitrogens with two attached hydrogens (primary N) is 1. The lowest BCUT2D eigenvalue weighted by Crippen LogP contribution is -2.08. The average molecular weight is 287 g/mol. The number of rotatable bonds is 3. The Morgan fingerprint density at radius 3 is 2.47 bits per heavy atom. The Balaban J connectivity index is 2.42. The smallest absolute Gasteiger partial charge is 0.417 e. The fourth-order valence-electron chi connectivity index (χ4n) is 1.61. The quantitative estimate of drug-likeness (QED) is 0.918. The van der Waals surface area contributed by atoms with Crippen LogP contribution in [0, 0.1) is 6.92 Å². The summed E-state index contributed by atoms with van der Waals surface area (Å²) in [6, 6.07) is 5.80. The van der Waals surface area contributed by atoms with Gasteiger partial charge in [-0.05, 0) is 30.7 Å². The van der Waals surface area contributed by atoms with Gasteiger partial charge in [0, 0.05) is 11.4 Å². The van der Waals surface area contributed by atoms with Crippen LogP contribution in [0.3, 0.4) is 0 Å². The van der Waals surface area contributed by atoms with Gasteiger partial charge in [0.25, 0.3) is 0 Å². The summed E-state index contributed by atoms with van der Waals surface area (Å²) in [7, 11) is 0. The highest BCUT2D eigenvalue weighted by molar-refractivity contribution is 7.99. The van der Waals surface area contributed by atoms with E-state index in [4.69, 9.17) is 10.2 Å². The van der Waals surface area contributed by atoms with Crippen LogP contribution in [-0.4, -0.2) is 0 Å². The summed E-state index contributed by atoms with van der Waals surface area (Å²) in [5.41, 5.74) is 5.18. The maximum absolute atomic E-state index is 13.0. The molecule has 0 atom stereocenters. The molecule has 102 valence electrons. The van der Waals surface area contributed by atoms with E-state index in [1.165, 1.54) is 12.3 Å². The molecular weight excluding hydrogens is 275 g/mol. The maximum atomic E-state index is 13.0. The van der Waals surface area contributed by atoms with Crippen LogP contribution in [0.1, 0.15) is 16.9 Å². The van der Waals surface area contributed by atoms with Crippen LogP contribution in [0.25, 0.3) is 0 Å². The number of hydrogen-bond donors (Lipinski definition) is 1. The summed E-state index contributed by atoms with van der Waals surface area (Å²) in [5.74, 6) is 0.598. The largest absolute Gasteiger partial charge is 0.468 e. The third-order valence-corrected chi connectivity index (χ3v) is 3.84. The van der Waals surface area contributed by atoms with Gasteiger partial charge in [-0.3, -0.25) is 0 Å². The minimum Gasteiger partial charge on any atom is -0.468 e. The van der Waals surface area contributed by atoms with Crippen LogP contribution in [0.15, 0.2) is 44.7 Å². The van der Waals surface area contributed by atoms with Gasteiger partial charge in [0.15, 0.2) is 0 Å². The standard InChI is InChI=1S/C13H12F3NOS/c1-8-11(4-5-18-8)19-12-3-2-9(7-17)6-10(12)13(14,15)16/h2-6H,7,17H2,1H3. The Morgan fingerprint density at radius 1 is 1.21 bits per heavy atom. The zero-order chi connectivity index (χ0) is 14.0. The summed E-state index contributed by atoms with van der Waals surface area (Å²) in [5, 5.41) is 0. The Hall–Kier alpha value is -1.40. The molecule has 19 heavy (non-hydrogen) atoms. The molecule has 6 heteroatoms. The SMILES string of the molecule is Cc1occc1Sc1ccc(CN)cc1C(F)(F)F. The molecular formula is C13H12F3NOS. The lowest BCUT2D eigenvalue weighted by molar-refractivity contribution is -0.139. The molecule has 0 spiro atoms. The fraction of sp³-hybridized carbons (Fsp3) is 0.231. The number of hydrogen-bond acceptors (Lipinski definition) is 3. The zero-order valence-corrected chi connectivity index (χ0v) is 10.9. The first-order valence-electron chi connectivity index (χ1n) is 5.54. The summed E-state index contributed by atoms with van der Waals surface area (Å²) in [6.07, 6.45) is -2.94. The summed E-state index contributed by atoms with van der Waals surface area (Å²) < 4.78 is 44.1. The predicted molar refractivity (Wildman–Crippen MR) is 66.9 cm³/mol. The molecule has 0 saturated heterocycles. The molecule has 0 fully saturated rings. The highest BCUT2D eigenvalue weighted by Gasteiger charge is 2.34. The monoisotopic (exact) mass is 287 g/mol. The van der Waals surface area contributed by atoms with E-state index >= 15 is 0 Å². The summed E-state index contributed by atoms with van der Waals surface area (Å²) in [6.45, 7) is 1.79. The van der Waals surface area contributed by atoms with E-state index in [1.54, 1.807) is 19.1 Å². The van der Waals surface area contributed by atoms with Crippen LogP contribution in [0.5, 0.6) is 0 Å². The van der Waals surface area contributed by atoms with Crippen molar-refractivity contribution in [1.29, 1.82) is 0 Å². The molecule has 2 aromatic rings. The van der Waals surface area contributed by atoms with E-state index in [2.05, 4.69) is 0 Å². The fourth-order valence-corrected chi connectivity index (χ4v) is 2.59. The summed E-state index contributed by atoms with van der Waals surface area (Å²) >= 11 is 1.04. The van der Waals surface area contributed by atoms with E-state index in [1.807, 2.05) is 0 Å². The van der Waals surface area contributed by atoms with Gasteiger partial charge in [0.1, 0.15) is 5.76 Å². The third-order valence-electron chi connectivity index (χ3n) is 2.62. The molecule has 0 aliphatic carbocycles. The van der Waals surface area contributed by atoms with E-state index in [0.717, 1.165) is 17.8 Å². The van der Waals surface area contributed by atoms with Gasteiger partial charge in [0.05, 0.1) is 16.7 Å². The van der Waals surface area contributed by atoms with Gasteiger partial charge in [-0.1, -0.05) is 17.8 Å². The minimum absolute atomic E-state index is 0.0821. The van der Waals surface area contributed by atoms with Crippen LogP contribution < -0.4 is 5.73 Å². The number of aryl methyl sites for hydroxylation is 1. The van der Waals surface area contributed by atoms with Gasteiger partial charge in [-0.2, -0.15) is 13.2 Å². The number of halogens is 3. The topological polar surface area (TPSA) is 39.2 Å². The van der Waals surface area contributed by atoms with Crippen molar-refractivity contribution in [3.05, 3.63) is 47.4 Å². The van der Waals surface area contributed by atoms with E-state index < -0.39 is 11.7 Å². The van der Waals surface area contributed by atoms with Crippen LogP contribution in [-0.2, 0) is 12.7 Å². The molecule has 1 heterocycles. The molecule has 0 aliphatic heterocycles. The van der Waals surface area contributed by atoms with Crippen molar-refractivity contribution in [2.75, 3.05) is 0 Å².